The molecule has 0 amide bonds. The van der Waals surface area contributed by atoms with Gasteiger partial charge in [-0.3, -0.25) is 9.48 Å². The number of fused-ring (bicyclic) bond motifs is 4. The topological polar surface area (TPSA) is 63.3 Å². The number of hydrogen-bond donors (Lipinski definition) is 1. The van der Waals surface area contributed by atoms with Crippen LogP contribution in [0.3, 0.4) is 0 Å². The number of halogens is 1. The summed E-state index contributed by atoms with van der Waals surface area (Å²) in [6.45, 7) is 1.40. The second-order valence-corrected chi connectivity index (χ2v) is 11.7. The number of rotatable bonds is 4. The van der Waals surface area contributed by atoms with E-state index in [-0.39, 0.29) is 11.0 Å². The first-order chi connectivity index (χ1) is 15.9. The van der Waals surface area contributed by atoms with E-state index in [0.29, 0.717) is 13.1 Å². The summed E-state index contributed by atoms with van der Waals surface area (Å²) in [5, 5.41) is 11.8. The number of aliphatic hydroxyl groups is 1. The maximum absolute atomic E-state index is 14.0. The minimum atomic E-state index is -0.474. The smallest absolute Gasteiger partial charge is 0.276 e. The van der Waals surface area contributed by atoms with Gasteiger partial charge < -0.3 is 10.0 Å². The Morgan fingerprint density at radius 3 is 2.67 bits per heavy atom. The van der Waals surface area contributed by atoms with Crippen molar-refractivity contribution in [1.29, 1.82) is 0 Å². The Bertz CT molecular complexity index is 1390. The molecule has 1 aliphatic heterocycles. The van der Waals surface area contributed by atoms with Crippen molar-refractivity contribution in [2.75, 3.05) is 11.4 Å². The van der Waals surface area contributed by atoms with Crippen LogP contribution < -0.4 is 20.2 Å². The fourth-order valence-corrected chi connectivity index (χ4v) is 6.94. The molecule has 0 saturated heterocycles. The molecule has 172 valence electrons. The number of anilines is 1. The Kier molecular flexibility index (Phi) is 4.98. The maximum Gasteiger partial charge on any atom is 0.276 e. The zero-order chi connectivity index (χ0) is 22.8. The summed E-state index contributed by atoms with van der Waals surface area (Å²) in [6.07, 6.45) is 11.7. The van der Waals surface area contributed by atoms with E-state index in [0.717, 1.165) is 65.2 Å². The predicted octanol–water partition coefficient (Wildman–Crippen LogP) is 3.20. The molecule has 4 aliphatic rings. The molecule has 2 bridgehead atoms. The zero-order valence-corrected chi connectivity index (χ0v) is 21.0. The van der Waals surface area contributed by atoms with Gasteiger partial charge in [-0.15, -0.1) is 0 Å². The van der Waals surface area contributed by atoms with Crippen LogP contribution in [0.2, 0.25) is 0 Å². The molecule has 1 N–H and O–H groups in total. The Hall–Kier alpha value is -2.16. The molecule has 3 aromatic rings. The summed E-state index contributed by atoms with van der Waals surface area (Å²) < 4.78 is 10.5. The van der Waals surface area contributed by atoms with Gasteiger partial charge in [-0.1, -0.05) is 28.1 Å². The van der Waals surface area contributed by atoms with Crippen LogP contribution in [0.4, 0.5) is 5.82 Å². The SMILES string of the molecule is Cn1c(N2C=c3cnsc3=CC2)c(-c2cccc(Br)c2)c(=O)n1CC12CCC(O)(CC1)CC2. The van der Waals surface area contributed by atoms with Crippen molar-refractivity contribution < 1.29 is 5.11 Å². The molecule has 3 fully saturated rings. The molecule has 3 saturated carbocycles. The quantitative estimate of drug-likeness (QED) is 0.566. The first-order valence-corrected chi connectivity index (χ1v) is 13.1. The molecule has 1 aromatic carbocycles. The van der Waals surface area contributed by atoms with Crippen LogP contribution in [-0.4, -0.2) is 31.0 Å². The third kappa shape index (κ3) is 3.54. The van der Waals surface area contributed by atoms with Gasteiger partial charge in [0.2, 0.25) is 0 Å². The van der Waals surface area contributed by atoms with Crippen molar-refractivity contribution in [3.63, 3.8) is 0 Å². The summed E-state index contributed by atoms with van der Waals surface area (Å²) in [4.78, 5) is 16.2. The van der Waals surface area contributed by atoms with Crippen molar-refractivity contribution in [3.8, 4) is 11.1 Å². The Labute approximate surface area is 204 Å². The summed E-state index contributed by atoms with van der Waals surface area (Å²) >= 11 is 5.09. The van der Waals surface area contributed by atoms with Crippen molar-refractivity contribution in [1.82, 2.24) is 13.7 Å². The summed E-state index contributed by atoms with van der Waals surface area (Å²) in [6, 6.07) is 8.00. The van der Waals surface area contributed by atoms with Gasteiger partial charge in [-0.2, -0.15) is 4.37 Å². The second kappa shape index (κ2) is 7.68. The van der Waals surface area contributed by atoms with E-state index < -0.39 is 5.60 Å². The lowest BCUT2D eigenvalue weighted by Gasteiger charge is -2.51. The van der Waals surface area contributed by atoms with Crippen molar-refractivity contribution in [2.24, 2.45) is 12.5 Å². The summed E-state index contributed by atoms with van der Waals surface area (Å²) in [7, 11) is 2.01. The van der Waals surface area contributed by atoms with Gasteiger partial charge in [0.25, 0.3) is 5.56 Å². The molecular weight excluding hydrogens is 500 g/mol. The molecule has 0 unspecified atom stereocenters. The largest absolute Gasteiger partial charge is 0.390 e. The average Bonchev–Trinajstić information content (AvgIpc) is 3.38. The van der Waals surface area contributed by atoms with E-state index in [1.807, 2.05) is 42.2 Å². The first-order valence-electron chi connectivity index (χ1n) is 11.5. The van der Waals surface area contributed by atoms with Gasteiger partial charge in [0.05, 0.1) is 15.7 Å². The average molecular weight is 527 g/mol. The van der Waals surface area contributed by atoms with Gasteiger partial charge >= 0.3 is 0 Å². The van der Waals surface area contributed by atoms with Gasteiger partial charge in [-0.05, 0) is 79.2 Å². The van der Waals surface area contributed by atoms with Crippen LogP contribution in [-0.2, 0) is 13.6 Å². The van der Waals surface area contributed by atoms with Crippen LogP contribution in [0, 0.1) is 5.41 Å². The molecule has 0 radical (unpaired) electrons. The summed E-state index contributed by atoms with van der Waals surface area (Å²) in [5.41, 5.74) is 1.32. The highest BCUT2D eigenvalue weighted by Crippen LogP contribution is 2.53. The van der Waals surface area contributed by atoms with Crippen molar-refractivity contribution in [2.45, 2.75) is 50.7 Å². The minimum Gasteiger partial charge on any atom is -0.390 e. The third-order valence-corrected chi connectivity index (χ3v) is 9.27. The van der Waals surface area contributed by atoms with E-state index in [4.69, 9.17) is 0 Å². The van der Waals surface area contributed by atoms with E-state index in [2.05, 4.69) is 42.2 Å². The van der Waals surface area contributed by atoms with Gasteiger partial charge in [-0.25, -0.2) is 4.68 Å². The number of aromatic nitrogens is 3. The van der Waals surface area contributed by atoms with E-state index >= 15 is 0 Å². The van der Waals surface area contributed by atoms with E-state index in [1.165, 1.54) is 16.1 Å². The Morgan fingerprint density at radius 1 is 1.18 bits per heavy atom. The minimum absolute atomic E-state index is 0.0500. The highest BCUT2D eigenvalue weighted by molar-refractivity contribution is 9.10. The van der Waals surface area contributed by atoms with Crippen LogP contribution in [0.1, 0.15) is 38.5 Å². The highest BCUT2D eigenvalue weighted by Gasteiger charge is 2.48. The molecule has 6 nitrogen and oxygen atoms in total. The molecule has 3 aliphatic carbocycles. The highest BCUT2D eigenvalue weighted by atomic mass is 79.9. The lowest BCUT2D eigenvalue weighted by Crippen LogP contribution is -2.48. The Balaban J connectivity index is 1.49. The van der Waals surface area contributed by atoms with Crippen molar-refractivity contribution >= 4 is 45.6 Å². The van der Waals surface area contributed by atoms with Crippen LogP contribution >= 0.6 is 27.5 Å². The Morgan fingerprint density at radius 2 is 1.94 bits per heavy atom. The molecule has 33 heavy (non-hydrogen) atoms. The molecule has 8 heteroatoms. The lowest BCUT2D eigenvalue weighted by molar-refractivity contribution is -0.0987. The second-order valence-electron chi connectivity index (χ2n) is 9.95. The molecule has 2 aromatic heterocycles. The van der Waals surface area contributed by atoms with Crippen LogP contribution in [0.5, 0.6) is 0 Å². The number of hydrogen-bond acceptors (Lipinski definition) is 5. The van der Waals surface area contributed by atoms with Gasteiger partial charge in [0, 0.05) is 42.2 Å². The number of benzene rings is 1. The normalized spacial score (nSPS) is 26.1. The predicted molar refractivity (Wildman–Crippen MR) is 136 cm³/mol. The summed E-state index contributed by atoms with van der Waals surface area (Å²) in [5.74, 6) is 0.908. The van der Waals surface area contributed by atoms with Crippen molar-refractivity contribution in [3.05, 3.63) is 55.0 Å². The lowest BCUT2D eigenvalue weighted by atomic mass is 9.58. The van der Waals surface area contributed by atoms with Gasteiger partial charge in [0.1, 0.15) is 5.82 Å². The fraction of sp³-hybridized carbons (Fsp3) is 0.440. The number of nitrogens with zero attached hydrogens (tertiary/aromatic N) is 4. The van der Waals surface area contributed by atoms with Crippen LogP contribution in [0.15, 0.2) is 39.7 Å². The third-order valence-electron chi connectivity index (χ3n) is 7.97. The van der Waals surface area contributed by atoms with Gasteiger partial charge in [0.15, 0.2) is 0 Å². The molecule has 7 rings (SSSR count). The fourth-order valence-electron chi connectivity index (χ4n) is 5.90. The van der Waals surface area contributed by atoms with Crippen LogP contribution in [0.25, 0.3) is 23.4 Å². The maximum atomic E-state index is 14.0. The monoisotopic (exact) mass is 526 g/mol. The zero-order valence-electron chi connectivity index (χ0n) is 18.6. The standard InChI is InChI=1S/C25H27BrN4O2S/c1-28-22(29-12-5-20-18(15-29)14-27-33-20)21(17-3-2-4-19(26)13-17)23(31)30(28)16-24-6-9-25(32,10-7-24)11-8-24/h2-5,13-15,32H,6-12,16H2,1H3. The first kappa shape index (κ1) is 21.4. The molecule has 3 heterocycles. The van der Waals surface area contributed by atoms with E-state index in [9.17, 15) is 9.90 Å². The van der Waals surface area contributed by atoms with E-state index in [1.54, 1.807) is 0 Å². The molecule has 0 atom stereocenters. The molecular formula is C25H27BrN4O2S. The molecule has 0 spiro atoms.